The molecule has 0 aromatic heterocycles. The lowest BCUT2D eigenvalue weighted by atomic mass is 9.69. The van der Waals surface area contributed by atoms with Gasteiger partial charge in [-0.05, 0) is 19.3 Å². The molecule has 4 heteroatoms. The van der Waals surface area contributed by atoms with Crippen molar-refractivity contribution in [2.45, 2.75) is 19.3 Å². The second kappa shape index (κ2) is 4.96. The maximum Gasteiger partial charge on any atom is 0.224 e. The molecule has 0 aromatic rings. The third kappa shape index (κ3) is 2.07. The Labute approximate surface area is 108 Å². The molecule has 0 spiro atoms. The molecule has 2 saturated heterocycles. The van der Waals surface area contributed by atoms with Gasteiger partial charge in [0.15, 0.2) is 0 Å². The molecule has 18 heavy (non-hydrogen) atoms. The first-order valence-electron chi connectivity index (χ1n) is 6.45. The highest BCUT2D eigenvalue weighted by molar-refractivity contribution is 5.83. The van der Waals surface area contributed by atoms with Crippen LogP contribution in [-0.2, 0) is 9.59 Å². The molecule has 2 atom stereocenters. The van der Waals surface area contributed by atoms with Crippen LogP contribution in [0, 0.1) is 17.3 Å². The Morgan fingerprint density at radius 1 is 1.11 bits per heavy atom. The second-order valence-corrected chi connectivity index (χ2v) is 5.13. The van der Waals surface area contributed by atoms with E-state index in [9.17, 15) is 9.59 Å². The van der Waals surface area contributed by atoms with E-state index in [1.807, 2.05) is 0 Å². The van der Waals surface area contributed by atoms with E-state index in [-0.39, 0.29) is 23.7 Å². The number of hydrogen-bond acceptors (Lipinski definition) is 2. The minimum absolute atomic E-state index is 0.0330. The van der Waals surface area contributed by atoms with Crippen molar-refractivity contribution in [1.29, 1.82) is 0 Å². The number of amides is 2. The normalized spacial score (nSPS) is 27.8. The van der Waals surface area contributed by atoms with Gasteiger partial charge in [0, 0.05) is 24.4 Å². The van der Waals surface area contributed by atoms with Gasteiger partial charge in [-0.2, -0.15) is 0 Å². The van der Waals surface area contributed by atoms with Crippen molar-refractivity contribution in [1.82, 2.24) is 10.6 Å². The molecule has 2 unspecified atom stereocenters. The van der Waals surface area contributed by atoms with Gasteiger partial charge in [-0.25, -0.2) is 0 Å². The Morgan fingerprint density at radius 2 is 1.72 bits per heavy atom. The average molecular weight is 248 g/mol. The van der Waals surface area contributed by atoms with Crippen LogP contribution in [0.4, 0.5) is 0 Å². The number of hydrogen-bond donors (Lipinski definition) is 2. The third-order valence-corrected chi connectivity index (χ3v) is 4.22. The molecule has 0 bridgehead atoms. The number of nitrogens with one attached hydrogen (secondary N) is 2. The highest BCUT2D eigenvalue weighted by Gasteiger charge is 2.44. The first-order valence-corrected chi connectivity index (χ1v) is 6.45. The summed E-state index contributed by atoms with van der Waals surface area (Å²) in [7, 11) is 0. The molecular formula is C14H20N2O2. The van der Waals surface area contributed by atoms with Crippen LogP contribution in [0.3, 0.4) is 0 Å². The van der Waals surface area contributed by atoms with Gasteiger partial charge in [-0.15, -0.1) is 13.2 Å². The van der Waals surface area contributed by atoms with Crippen LogP contribution in [0.5, 0.6) is 0 Å². The zero-order valence-electron chi connectivity index (χ0n) is 10.6. The summed E-state index contributed by atoms with van der Waals surface area (Å²) in [6.07, 6.45) is 5.83. The fraction of sp³-hybridized carbons (Fsp3) is 0.571. The Hall–Kier alpha value is -1.58. The molecule has 0 aromatic carbocycles. The van der Waals surface area contributed by atoms with Crippen LogP contribution in [-0.4, -0.2) is 24.9 Å². The first kappa shape index (κ1) is 12.9. The van der Waals surface area contributed by atoms with E-state index in [0.29, 0.717) is 13.0 Å². The summed E-state index contributed by atoms with van der Waals surface area (Å²) in [5.74, 6) is -0.0371. The minimum atomic E-state index is -0.465. The van der Waals surface area contributed by atoms with Crippen molar-refractivity contribution in [2.75, 3.05) is 13.1 Å². The summed E-state index contributed by atoms with van der Waals surface area (Å²) < 4.78 is 0. The van der Waals surface area contributed by atoms with Crippen LogP contribution < -0.4 is 10.6 Å². The van der Waals surface area contributed by atoms with E-state index in [1.54, 1.807) is 12.2 Å². The van der Waals surface area contributed by atoms with Crippen LogP contribution in [0.2, 0.25) is 0 Å². The van der Waals surface area contributed by atoms with Crippen LogP contribution in [0.1, 0.15) is 19.3 Å². The Balaban J connectivity index is 2.20. The number of allylic oxidation sites excluding steroid dienone is 2. The van der Waals surface area contributed by atoms with Gasteiger partial charge < -0.3 is 10.6 Å². The van der Waals surface area contributed by atoms with Gasteiger partial charge >= 0.3 is 0 Å². The molecule has 0 saturated carbocycles. The molecular weight excluding hydrogens is 228 g/mol. The lowest BCUT2D eigenvalue weighted by Gasteiger charge is -2.33. The highest BCUT2D eigenvalue weighted by Crippen LogP contribution is 2.42. The largest absolute Gasteiger partial charge is 0.356 e. The van der Waals surface area contributed by atoms with Gasteiger partial charge in [-0.1, -0.05) is 12.2 Å². The molecule has 2 aliphatic heterocycles. The molecule has 2 fully saturated rings. The van der Waals surface area contributed by atoms with Crippen molar-refractivity contribution in [3.63, 3.8) is 0 Å². The van der Waals surface area contributed by atoms with Crippen molar-refractivity contribution < 1.29 is 9.59 Å². The molecule has 0 radical (unpaired) electrons. The van der Waals surface area contributed by atoms with Gasteiger partial charge in [0.2, 0.25) is 11.8 Å². The van der Waals surface area contributed by atoms with Gasteiger partial charge in [0.25, 0.3) is 0 Å². The standard InChI is InChI=1S/C14H20N2O2/c1-3-14(4-2,11-6-8-16-13(11)18)9-10-5-7-15-12(10)17/h3-4,10-11H,1-2,5-9H2,(H,15,17)(H,16,18). The molecule has 2 aliphatic rings. The summed E-state index contributed by atoms with van der Waals surface area (Å²) in [6, 6.07) is 0. The smallest absolute Gasteiger partial charge is 0.224 e. The first-order chi connectivity index (χ1) is 8.63. The number of carbonyl (C=O) groups excluding carboxylic acids is 2. The number of carbonyl (C=O) groups is 2. The van der Waals surface area contributed by atoms with E-state index >= 15 is 0 Å². The summed E-state index contributed by atoms with van der Waals surface area (Å²) in [5.41, 5.74) is -0.465. The zero-order chi connectivity index (χ0) is 13.2. The van der Waals surface area contributed by atoms with Crippen molar-refractivity contribution in [3.8, 4) is 0 Å². The summed E-state index contributed by atoms with van der Waals surface area (Å²) in [4.78, 5) is 23.6. The van der Waals surface area contributed by atoms with E-state index in [4.69, 9.17) is 0 Å². The predicted octanol–water partition coefficient (Wildman–Crippen LogP) is 1.01. The van der Waals surface area contributed by atoms with Crippen molar-refractivity contribution in [3.05, 3.63) is 25.3 Å². The van der Waals surface area contributed by atoms with Crippen LogP contribution in [0.15, 0.2) is 25.3 Å². The molecule has 2 N–H and O–H groups in total. The quantitative estimate of drug-likeness (QED) is 0.713. The Bertz CT molecular complexity index is 381. The van der Waals surface area contributed by atoms with E-state index in [1.165, 1.54) is 0 Å². The molecule has 2 rings (SSSR count). The second-order valence-electron chi connectivity index (χ2n) is 5.13. The topological polar surface area (TPSA) is 58.2 Å². The SMILES string of the molecule is C=CC(C=C)(CC1CCNC1=O)C1CCNC1=O. The van der Waals surface area contributed by atoms with Crippen LogP contribution >= 0.6 is 0 Å². The highest BCUT2D eigenvalue weighted by atomic mass is 16.2. The summed E-state index contributed by atoms with van der Waals surface area (Å²) >= 11 is 0. The van der Waals surface area contributed by atoms with E-state index in [2.05, 4.69) is 23.8 Å². The van der Waals surface area contributed by atoms with Crippen LogP contribution in [0.25, 0.3) is 0 Å². The van der Waals surface area contributed by atoms with E-state index < -0.39 is 5.41 Å². The minimum Gasteiger partial charge on any atom is -0.356 e. The Morgan fingerprint density at radius 3 is 2.17 bits per heavy atom. The van der Waals surface area contributed by atoms with E-state index in [0.717, 1.165) is 19.4 Å². The molecule has 2 heterocycles. The Kier molecular flexibility index (Phi) is 3.55. The molecule has 2 amide bonds. The number of rotatable bonds is 5. The zero-order valence-corrected chi connectivity index (χ0v) is 10.6. The molecule has 4 nitrogen and oxygen atoms in total. The molecule has 98 valence electrons. The maximum absolute atomic E-state index is 11.9. The fourth-order valence-corrected chi connectivity index (χ4v) is 3.05. The summed E-state index contributed by atoms with van der Waals surface area (Å²) in [6.45, 7) is 9.16. The predicted molar refractivity (Wildman–Crippen MR) is 69.7 cm³/mol. The molecule has 0 aliphatic carbocycles. The van der Waals surface area contributed by atoms with Gasteiger partial charge in [0.1, 0.15) is 0 Å². The van der Waals surface area contributed by atoms with Crippen molar-refractivity contribution >= 4 is 11.8 Å². The van der Waals surface area contributed by atoms with Crippen molar-refractivity contribution in [2.24, 2.45) is 17.3 Å². The fourth-order valence-electron chi connectivity index (χ4n) is 3.05. The summed E-state index contributed by atoms with van der Waals surface area (Å²) in [5, 5.41) is 5.68. The lowest BCUT2D eigenvalue weighted by Crippen LogP contribution is -2.35. The maximum atomic E-state index is 11.9. The third-order valence-electron chi connectivity index (χ3n) is 4.22. The lowest BCUT2D eigenvalue weighted by molar-refractivity contribution is -0.127. The average Bonchev–Trinajstić information content (AvgIpc) is 2.96. The van der Waals surface area contributed by atoms with Gasteiger partial charge in [0.05, 0.1) is 5.92 Å². The van der Waals surface area contributed by atoms with Gasteiger partial charge in [-0.3, -0.25) is 9.59 Å². The monoisotopic (exact) mass is 248 g/mol.